The van der Waals surface area contributed by atoms with Gasteiger partial charge in [-0.2, -0.15) is 0 Å². The fourth-order valence-corrected chi connectivity index (χ4v) is 5.11. The van der Waals surface area contributed by atoms with Crippen molar-refractivity contribution >= 4 is 22.6 Å². The number of piperazine rings is 1. The summed E-state index contributed by atoms with van der Waals surface area (Å²) in [6.45, 7) is 15.3. The topological polar surface area (TPSA) is 70.5 Å². The van der Waals surface area contributed by atoms with Crippen LogP contribution in [-0.4, -0.2) is 59.1 Å². The van der Waals surface area contributed by atoms with Gasteiger partial charge in [0.1, 0.15) is 5.69 Å². The van der Waals surface area contributed by atoms with Crippen LogP contribution < -0.4 is 15.8 Å². The first-order valence-electron chi connectivity index (χ1n) is 13.0. The van der Waals surface area contributed by atoms with Gasteiger partial charge in [-0.05, 0) is 88.5 Å². The van der Waals surface area contributed by atoms with Crippen LogP contribution >= 0.6 is 0 Å². The molecule has 3 aromatic rings. The van der Waals surface area contributed by atoms with Crippen LogP contribution in [0.1, 0.15) is 42.1 Å². The lowest BCUT2D eigenvalue weighted by Crippen LogP contribution is -2.52. The molecule has 1 fully saturated rings. The predicted octanol–water partition coefficient (Wildman–Crippen LogP) is 3.74. The average molecular weight is 490 g/mol. The molecule has 192 valence electrons. The standard InChI is InChI=1S/C29H39N5O2/c1-20-8-6-9-25(16-20)33-15-14-32(19-23(33)4)12-7-11-30-28(35)10-13-34-27-18-22(3)21(2)17-26(27)31-24(5)29(34)36/h6,8-9,16-18,23H,7,10-15,19H2,1-5H3,(H,30,35)/t23-/m1/s1. The van der Waals surface area contributed by atoms with Gasteiger partial charge in [0, 0.05) is 50.9 Å². The zero-order chi connectivity index (χ0) is 25.8. The Labute approximate surface area is 214 Å². The lowest BCUT2D eigenvalue weighted by Gasteiger charge is -2.41. The number of carbonyl (C=O) groups is 1. The number of aromatic nitrogens is 2. The van der Waals surface area contributed by atoms with Crippen molar-refractivity contribution in [3.63, 3.8) is 0 Å². The van der Waals surface area contributed by atoms with E-state index < -0.39 is 0 Å². The predicted molar refractivity (Wildman–Crippen MR) is 147 cm³/mol. The second-order valence-electron chi connectivity index (χ2n) is 10.2. The maximum Gasteiger partial charge on any atom is 0.272 e. The van der Waals surface area contributed by atoms with Crippen molar-refractivity contribution in [2.75, 3.05) is 37.6 Å². The number of amides is 1. The molecule has 0 unspecified atom stereocenters. The number of nitrogens with one attached hydrogen (secondary N) is 1. The number of hydrogen-bond donors (Lipinski definition) is 1. The van der Waals surface area contributed by atoms with Crippen LogP contribution in [0.25, 0.3) is 11.0 Å². The highest BCUT2D eigenvalue weighted by Crippen LogP contribution is 2.22. The smallest absolute Gasteiger partial charge is 0.272 e. The monoisotopic (exact) mass is 489 g/mol. The molecule has 1 N–H and O–H groups in total. The Hall–Kier alpha value is -3.19. The van der Waals surface area contributed by atoms with Crippen LogP contribution in [-0.2, 0) is 11.3 Å². The number of nitrogens with zero attached hydrogens (tertiary/aromatic N) is 4. The highest BCUT2D eigenvalue weighted by Gasteiger charge is 2.23. The molecule has 1 aromatic heterocycles. The third-order valence-electron chi connectivity index (χ3n) is 7.31. The molecule has 1 aliphatic rings. The van der Waals surface area contributed by atoms with E-state index >= 15 is 0 Å². The molecule has 7 nitrogen and oxygen atoms in total. The van der Waals surface area contributed by atoms with Crippen LogP contribution in [0.2, 0.25) is 0 Å². The van der Waals surface area contributed by atoms with Crippen LogP contribution in [0.3, 0.4) is 0 Å². The zero-order valence-corrected chi connectivity index (χ0v) is 22.3. The Morgan fingerprint density at radius 3 is 2.58 bits per heavy atom. The molecule has 0 aliphatic carbocycles. The lowest BCUT2D eigenvalue weighted by molar-refractivity contribution is -0.121. The highest BCUT2D eigenvalue weighted by atomic mass is 16.2. The fraction of sp³-hybridized carbons (Fsp3) is 0.483. The molecule has 36 heavy (non-hydrogen) atoms. The summed E-state index contributed by atoms with van der Waals surface area (Å²) in [4.78, 5) is 34.7. The van der Waals surface area contributed by atoms with E-state index in [-0.39, 0.29) is 17.9 Å². The molecule has 0 bridgehead atoms. The Bertz CT molecular complexity index is 1300. The average Bonchev–Trinajstić information content (AvgIpc) is 2.84. The quantitative estimate of drug-likeness (QED) is 0.488. The summed E-state index contributed by atoms with van der Waals surface area (Å²) < 4.78 is 1.69. The number of carbonyl (C=O) groups excluding carboxylic acids is 1. The van der Waals surface area contributed by atoms with Crippen LogP contribution in [0.15, 0.2) is 41.2 Å². The third kappa shape index (κ3) is 5.95. The molecule has 7 heteroatoms. The van der Waals surface area contributed by atoms with E-state index in [0.29, 0.717) is 24.8 Å². The molecule has 2 aromatic carbocycles. The van der Waals surface area contributed by atoms with E-state index in [9.17, 15) is 9.59 Å². The Kier molecular flexibility index (Phi) is 8.09. The first-order valence-corrected chi connectivity index (χ1v) is 13.0. The normalized spacial score (nSPS) is 16.5. The van der Waals surface area contributed by atoms with E-state index in [0.717, 1.165) is 54.8 Å². The molecule has 1 atom stereocenters. The molecule has 1 saturated heterocycles. The second kappa shape index (κ2) is 11.2. The van der Waals surface area contributed by atoms with Gasteiger partial charge < -0.3 is 14.8 Å². The van der Waals surface area contributed by atoms with Crippen molar-refractivity contribution in [3.8, 4) is 0 Å². The number of anilines is 1. The fourth-order valence-electron chi connectivity index (χ4n) is 5.11. The van der Waals surface area contributed by atoms with Crippen LogP contribution in [0, 0.1) is 27.7 Å². The van der Waals surface area contributed by atoms with Crippen molar-refractivity contribution in [2.45, 2.75) is 60.0 Å². The highest BCUT2D eigenvalue weighted by molar-refractivity contribution is 5.78. The van der Waals surface area contributed by atoms with Crippen molar-refractivity contribution in [3.05, 3.63) is 69.1 Å². The molecular weight excluding hydrogens is 450 g/mol. The van der Waals surface area contributed by atoms with E-state index in [2.05, 4.69) is 58.2 Å². The van der Waals surface area contributed by atoms with Crippen molar-refractivity contribution < 1.29 is 4.79 Å². The van der Waals surface area contributed by atoms with Crippen molar-refractivity contribution in [1.29, 1.82) is 0 Å². The Morgan fingerprint density at radius 1 is 1.06 bits per heavy atom. The Balaban J connectivity index is 1.24. The molecule has 4 rings (SSSR count). The summed E-state index contributed by atoms with van der Waals surface area (Å²) in [6.07, 6.45) is 1.19. The van der Waals surface area contributed by atoms with Gasteiger partial charge in [-0.1, -0.05) is 12.1 Å². The van der Waals surface area contributed by atoms with E-state index in [4.69, 9.17) is 0 Å². The van der Waals surface area contributed by atoms with Gasteiger partial charge in [-0.25, -0.2) is 4.98 Å². The zero-order valence-electron chi connectivity index (χ0n) is 22.3. The second-order valence-corrected chi connectivity index (χ2v) is 10.2. The largest absolute Gasteiger partial charge is 0.366 e. The van der Waals surface area contributed by atoms with Crippen molar-refractivity contribution in [2.24, 2.45) is 0 Å². The van der Waals surface area contributed by atoms with Gasteiger partial charge in [-0.15, -0.1) is 0 Å². The third-order valence-corrected chi connectivity index (χ3v) is 7.31. The number of benzene rings is 2. The van der Waals surface area contributed by atoms with E-state index in [1.807, 2.05) is 26.0 Å². The van der Waals surface area contributed by atoms with Crippen molar-refractivity contribution in [1.82, 2.24) is 19.8 Å². The molecule has 1 aliphatic heterocycles. The first kappa shape index (κ1) is 25.9. The SMILES string of the molecule is Cc1cccc(N2CCN(CCCNC(=O)CCn3c(=O)c(C)nc4cc(C)c(C)cc43)C[C@H]2C)c1. The summed E-state index contributed by atoms with van der Waals surface area (Å²) >= 11 is 0. The van der Waals surface area contributed by atoms with E-state index in [1.54, 1.807) is 11.5 Å². The first-order chi connectivity index (χ1) is 17.2. The van der Waals surface area contributed by atoms with Gasteiger partial charge in [0.15, 0.2) is 0 Å². The summed E-state index contributed by atoms with van der Waals surface area (Å²) in [7, 11) is 0. The summed E-state index contributed by atoms with van der Waals surface area (Å²) in [6, 6.07) is 13.2. The number of aryl methyl sites for hydroxylation is 5. The lowest BCUT2D eigenvalue weighted by atomic mass is 10.1. The molecule has 1 amide bonds. The van der Waals surface area contributed by atoms with Gasteiger partial charge in [-0.3, -0.25) is 14.5 Å². The number of fused-ring (bicyclic) bond motifs is 1. The van der Waals surface area contributed by atoms with Gasteiger partial charge in [0.05, 0.1) is 11.0 Å². The minimum Gasteiger partial charge on any atom is -0.366 e. The summed E-state index contributed by atoms with van der Waals surface area (Å²) in [5.41, 5.74) is 6.77. The van der Waals surface area contributed by atoms with Gasteiger partial charge in [0.25, 0.3) is 5.56 Å². The molecule has 0 saturated carbocycles. The molecule has 0 radical (unpaired) electrons. The van der Waals surface area contributed by atoms with Crippen LogP contribution in [0.5, 0.6) is 0 Å². The summed E-state index contributed by atoms with van der Waals surface area (Å²) in [5.74, 6) is -0.0222. The summed E-state index contributed by atoms with van der Waals surface area (Å²) in [5, 5.41) is 3.04. The maximum absolute atomic E-state index is 12.7. The Morgan fingerprint density at radius 2 is 1.83 bits per heavy atom. The van der Waals surface area contributed by atoms with Crippen LogP contribution in [0.4, 0.5) is 5.69 Å². The maximum atomic E-state index is 12.7. The number of rotatable bonds is 8. The van der Waals surface area contributed by atoms with E-state index in [1.165, 1.54) is 11.3 Å². The molecule has 2 heterocycles. The minimum absolute atomic E-state index is 0.0222. The molecule has 0 spiro atoms. The van der Waals surface area contributed by atoms with Gasteiger partial charge >= 0.3 is 0 Å². The van der Waals surface area contributed by atoms with Gasteiger partial charge in [0.2, 0.25) is 5.91 Å². The number of hydrogen-bond acceptors (Lipinski definition) is 5. The molecular formula is C29H39N5O2. The minimum atomic E-state index is -0.127.